The minimum Gasteiger partial charge on any atom is -0.501 e. The molecule has 0 spiro atoms. The van der Waals surface area contributed by atoms with Gasteiger partial charge in [0.2, 0.25) is 5.75 Å². The highest BCUT2D eigenvalue weighted by molar-refractivity contribution is 5.88. The number of nitro groups is 1. The van der Waals surface area contributed by atoms with Crippen LogP contribution in [0.15, 0.2) is 41.2 Å². The van der Waals surface area contributed by atoms with Crippen molar-refractivity contribution in [2.24, 2.45) is 0 Å². The molecule has 2 aromatic rings. The minimum absolute atomic E-state index is 0.219. The first-order chi connectivity index (χ1) is 9.07. The molecule has 0 bridgehead atoms. The second-order valence-electron chi connectivity index (χ2n) is 3.96. The van der Waals surface area contributed by atoms with E-state index in [4.69, 9.17) is 0 Å². The molecule has 0 radical (unpaired) electrons. The van der Waals surface area contributed by atoms with Crippen LogP contribution < -0.4 is 5.56 Å². The fraction of sp³-hybridized carbons (Fsp3) is 0.154. The van der Waals surface area contributed by atoms with Crippen LogP contribution in [0.4, 0.5) is 5.69 Å². The van der Waals surface area contributed by atoms with Crippen molar-refractivity contribution in [1.82, 2.24) is 4.57 Å². The molecule has 6 heteroatoms. The van der Waals surface area contributed by atoms with Gasteiger partial charge in [-0.2, -0.15) is 0 Å². The molecular formula is C13H12N2O4. The normalized spacial score (nSPS) is 11.2. The molecule has 98 valence electrons. The third-order valence-electron chi connectivity index (χ3n) is 2.83. The van der Waals surface area contributed by atoms with E-state index in [1.165, 1.54) is 4.57 Å². The van der Waals surface area contributed by atoms with Gasteiger partial charge in [-0.05, 0) is 19.1 Å². The molecule has 19 heavy (non-hydrogen) atoms. The molecule has 0 aliphatic carbocycles. The Morgan fingerprint density at radius 2 is 2.11 bits per heavy atom. The highest BCUT2D eigenvalue weighted by atomic mass is 16.6. The summed E-state index contributed by atoms with van der Waals surface area (Å²) in [6.45, 7) is 2.01. The van der Waals surface area contributed by atoms with E-state index in [1.54, 1.807) is 43.3 Å². The van der Waals surface area contributed by atoms with Crippen molar-refractivity contribution in [1.29, 1.82) is 0 Å². The Morgan fingerprint density at radius 3 is 2.74 bits per heavy atom. The summed E-state index contributed by atoms with van der Waals surface area (Å²) >= 11 is 0. The molecule has 0 aliphatic heterocycles. The van der Waals surface area contributed by atoms with Crippen LogP contribution in [0.25, 0.3) is 10.9 Å². The fourth-order valence-electron chi connectivity index (χ4n) is 1.93. The zero-order valence-electron chi connectivity index (χ0n) is 10.2. The van der Waals surface area contributed by atoms with Crippen molar-refractivity contribution < 1.29 is 10.0 Å². The zero-order valence-corrected chi connectivity index (χ0v) is 10.2. The van der Waals surface area contributed by atoms with Gasteiger partial charge in [-0.1, -0.05) is 24.3 Å². The van der Waals surface area contributed by atoms with E-state index in [-0.39, 0.29) is 6.54 Å². The molecule has 0 atom stereocenters. The van der Waals surface area contributed by atoms with Crippen molar-refractivity contribution in [3.8, 4) is 5.75 Å². The summed E-state index contributed by atoms with van der Waals surface area (Å²) in [6, 6.07) is 6.54. The van der Waals surface area contributed by atoms with E-state index < -0.39 is 21.9 Å². The zero-order chi connectivity index (χ0) is 14.0. The molecule has 1 heterocycles. The lowest BCUT2D eigenvalue weighted by Crippen LogP contribution is -2.22. The Morgan fingerprint density at radius 1 is 1.42 bits per heavy atom. The summed E-state index contributed by atoms with van der Waals surface area (Å²) in [5.41, 5.74) is -1.13. The molecule has 1 N–H and O–H groups in total. The van der Waals surface area contributed by atoms with Crippen LogP contribution in [0.2, 0.25) is 0 Å². The van der Waals surface area contributed by atoms with Crippen molar-refractivity contribution in [3.63, 3.8) is 0 Å². The Balaban J connectivity index is 2.92. The first-order valence-electron chi connectivity index (χ1n) is 5.68. The van der Waals surface area contributed by atoms with Gasteiger partial charge in [0.05, 0.1) is 10.4 Å². The summed E-state index contributed by atoms with van der Waals surface area (Å²) < 4.78 is 1.27. The standard InChI is InChI=1S/C13H12N2O4/c1-2-3-8-14-10-7-5-4-6-9(10)12(16)11(13(14)17)15(18)19/h2-7,16H,8H2,1H3/b3-2+. The van der Waals surface area contributed by atoms with E-state index in [0.717, 1.165) is 0 Å². The maximum Gasteiger partial charge on any atom is 0.375 e. The van der Waals surface area contributed by atoms with Crippen LogP contribution >= 0.6 is 0 Å². The van der Waals surface area contributed by atoms with Crippen molar-refractivity contribution in [3.05, 3.63) is 56.9 Å². The summed E-state index contributed by atoms with van der Waals surface area (Å²) in [7, 11) is 0. The monoisotopic (exact) mass is 260 g/mol. The number of rotatable bonds is 3. The molecular weight excluding hydrogens is 248 g/mol. The van der Waals surface area contributed by atoms with E-state index in [9.17, 15) is 20.0 Å². The van der Waals surface area contributed by atoms with Gasteiger partial charge in [-0.25, -0.2) is 0 Å². The maximum atomic E-state index is 12.1. The maximum absolute atomic E-state index is 12.1. The van der Waals surface area contributed by atoms with Crippen LogP contribution in [0.1, 0.15) is 6.92 Å². The van der Waals surface area contributed by atoms with Gasteiger partial charge in [0.15, 0.2) is 0 Å². The number of allylic oxidation sites excluding steroid dienone is 2. The van der Waals surface area contributed by atoms with E-state index in [2.05, 4.69) is 0 Å². The first kappa shape index (κ1) is 12.8. The summed E-state index contributed by atoms with van der Waals surface area (Å²) in [4.78, 5) is 22.2. The predicted octanol–water partition coefficient (Wildman–Crippen LogP) is 2.19. The molecule has 0 unspecified atom stereocenters. The van der Waals surface area contributed by atoms with Gasteiger partial charge < -0.3 is 5.11 Å². The molecule has 0 fully saturated rings. The quantitative estimate of drug-likeness (QED) is 0.520. The average Bonchev–Trinajstić information content (AvgIpc) is 2.38. The highest BCUT2D eigenvalue weighted by Gasteiger charge is 2.24. The molecule has 1 aromatic carbocycles. The number of hydrogen-bond acceptors (Lipinski definition) is 4. The summed E-state index contributed by atoms with van der Waals surface area (Å²) in [5.74, 6) is -0.581. The molecule has 2 rings (SSSR count). The number of pyridine rings is 1. The molecule has 0 aliphatic rings. The lowest BCUT2D eigenvalue weighted by molar-refractivity contribution is -0.387. The average molecular weight is 260 g/mol. The van der Waals surface area contributed by atoms with Crippen molar-refractivity contribution in [2.75, 3.05) is 0 Å². The van der Waals surface area contributed by atoms with E-state index in [0.29, 0.717) is 10.9 Å². The number of fused-ring (bicyclic) bond motifs is 1. The summed E-state index contributed by atoms with van der Waals surface area (Å²) in [5, 5.41) is 21.1. The van der Waals surface area contributed by atoms with Gasteiger partial charge in [-0.3, -0.25) is 19.5 Å². The molecule has 0 saturated carbocycles. The fourth-order valence-corrected chi connectivity index (χ4v) is 1.93. The second-order valence-corrected chi connectivity index (χ2v) is 3.96. The highest BCUT2D eigenvalue weighted by Crippen LogP contribution is 2.30. The van der Waals surface area contributed by atoms with Gasteiger partial charge in [0, 0.05) is 11.9 Å². The van der Waals surface area contributed by atoms with Crippen LogP contribution in [0, 0.1) is 10.1 Å². The third kappa shape index (κ3) is 2.08. The lowest BCUT2D eigenvalue weighted by atomic mass is 10.1. The van der Waals surface area contributed by atoms with Crippen LogP contribution in [-0.4, -0.2) is 14.6 Å². The molecule has 0 amide bonds. The molecule has 6 nitrogen and oxygen atoms in total. The first-order valence-corrected chi connectivity index (χ1v) is 5.68. The van der Waals surface area contributed by atoms with E-state index in [1.807, 2.05) is 0 Å². The van der Waals surface area contributed by atoms with Gasteiger partial charge in [0.25, 0.3) is 0 Å². The molecule has 0 saturated heterocycles. The Hall–Kier alpha value is -2.63. The predicted molar refractivity (Wildman–Crippen MR) is 71.3 cm³/mol. The largest absolute Gasteiger partial charge is 0.501 e. The number of nitrogens with zero attached hydrogens (tertiary/aromatic N) is 2. The number of para-hydroxylation sites is 1. The van der Waals surface area contributed by atoms with Gasteiger partial charge in [-0.15, -0.1) is 0 Å². The number of benzene rings is 1. The Bertz CT molecular complexity index is 731. The van der Waals surface area contributed by atoms with Crippen LogP contribution in [-0.2, 0) is 6.54 Å². The van der Waals surface area contributed by atoms with Crippen molar-refractivity contribution >= 4 is 16.6 Å². The number of aromatic nitrogens is 1. The second kappa shape index (κ2) is 4.93. The van der Waals surface area contributed by atoms with E-state index >= 15 is 0 Å². The van der Waals surface area contributed by atoms with Crippen molar-refractivity contribution in [2.45, 2.75) is 13.5 Å². The van der Waals surface area contributed by atoms with Crippen LogP contribution in [0.5, 0.6) is 5.75 Å². The van der Waals surface area contributed by atoms with Gasteiger partial charge >= 0.3 is 11.2 Å². The Kier molecular flexibility index (Phi) is 3.33. The number of aromatic hydroxyl groups is 1. The van der Waals surface area contributed by atoms with Crippen LogP contribution in [0.3, 0.4) is 0 Å². The lowest BCUT2D eigenvalue weighted by Gasteiger charge is -2.09. The SMILES string of the molecule is C/C=C/Cn1c(=O)c([N+](=O)[O-])c(O)c2ccccc21. The minimum atomic E-state index is -0.851. The number of hydrogen-bond donors (Lipinski definition) is 1. The smallest absolute Gasteiger partial charge is 0.375 e. The van der Waals surface area contributed by atoms with Gasteiger partial charge in [0.1, 0.15) is 0 Å². The summed E-state index contributed by atoms with van der Waals surface area (Å²) in [6.07, 6.45) is 3.47. The third-order valence-corrected chi connectivity index (χ3v) is 2.83. The topological polar surface area (TPSA) is 85.4 Å². The Labute approximate surface area is 108 Å². The molecule has 1 aromatic heterocycles.